The van der Waals surface area contributed by atoms with E-state index in [1.54, 1.807) is 15.9 Å². The Morgan fingerprint density at radius 3 is 2.96 bits per heavy atom. The summed E-state index contributed by atoms with van der Waals surface area (Å²) in [6.07, 6.45) is 4.86. The average molecular weight is 380 g/mol. The molecule has 2 heterocycles. The third-order valence-electron chi connectivity index (χ3n) is 4.20. The van der Waals surface area contributed by atoms with E-state index < -0.39 is 0 Å². The summed E-state index contributed by atoms with van der Waals surface area (Å²) in [6, 6.07) is 5.30. The van der Waals surface area contributed by atoms with E-state index in [4.69, 9.17) is 0 Å². The van der Waals surface area contributed by atoms with Gasteiger partial charge >= 0.3 is 0 Å². The number of carbonyl (C=O) groups is 1. The SMILES string of the molecule is O=C(CSc1nc(O)cc(=O)n1C1CCCC1)NCCc1cccs1. The van der Waals surface area contributed by atoms with Crippen molar-refractivity contribution in [2.24, 2.45) is 0 Å². The quantitative estimate of drug-likeness (QED) is 0.571. The highest BCUT2D eigenvalue weighted by atomic mass is 32.2. The van der Waals surface area contributed by atoms with Gasteiger partial charge in [-0.05, 0) is 30.7 Å². The molecule has 2 N–H and O–H groups in total. The van der Waals surface area contributed by atoms with Crippen molar-refractivity contribution in [1.82, 2.24) is 14.9 Å². The molecule has 2 aromatic heterocycles. The Kier molecular flexibility index (Phi) is 6.14. The number of carbonyl (C=O) groups excluding carboxylic acids is 1. The molecule has 0 unspecified atom stereocenters. The maximum Gasteiger partial charge on any atom is 0.258 e. The molecule has 25 heavy (non-hydrogen) atoms. The number of rotatable bonds is 7. The molecule has 1 aliphatic carbocycles. The lowest BCUT2D eigenvalue weighted by atomic mass is 10.2. The van der Waals surface area contributed by atoms with Crippen LogP contribution in [0.4, 0.5) is 0 Å². The highest BCUT2D eigenvalue weighted by Gasteiger charge is 2.22. The molecule has 0 radical (unpaired) electrons. The summed E-state index contributed by atoms with van der Waals surface area (Å²) >= 11 is 2.87. The Morgan fingerprint density at radius 2 is 2.24 bits per heavy atom. The van der Waals surface area contributed by atoms with Crippen LogP contribution in [0.5, 0.6) is 5.88 Å². The molecule has 3 rings (SSSR count). The minimum absolute atomic E-state index is 0.0999. The third kappa shape index (κ3) is 4.85. The number of aromatic hydroxyl groups is 1. The molecule has 0 aromatic carbocycles. The van der Waals surface area contributed by atoms with E-state index in [-0.39, 0.29) is 29.1 Å². The Hall–Kier alpha value is -1.80. The van der Waals surface area contributed by atoms with Crippen molar-refractivity contribution in [1.29, 1.82) is 0 Å². The van der Waals surface area contributed by atoms with Crippen molar-refractivity contribution in [2.75, 3.05) is 12.3 Å². The summed E-state index contributed by atoms with van der Waals surface area (Å²) in [5.41, 5.74) is -0.250. The van der Waals surface area contributed by atoms with E-state index in [9.17, 15) is 14.7 Å². The molecule has 8 heteroatoms. The van der Waals surface area contributed by atoms with Gasteiger partial charge in [0.2, 0.25) is 11.8 Å². The molecule has 0 bridgehead atoms. The second kappa shape index (κ2) is 8.53. The van der Waals surface area contributed by atoms with Gasteiger partial charge in [-0.1, -0.05) is 30.7 Å². The van der Waals surface area contributed by atoms with Crippen LogP contribution in [0.15, 0.2) is 33.5 Å². The summed E-state index contributed by atoms with van der Waals surface area (Å²) in [5.74, 6) is -0.218. The van der Waals surface area contributed by atoms with Gasteiger partial charge in [0, 0.05) is 17.5 Å². The zero-order chi connectivity index (χ0) is 17.6. The monoisotopic (exact) mass is 379 g/mol. The van der Waals surface area contributed by atoms with Crippen molar-refractivity contribution in [3.05, 3.63) is 38.8 Å². The summed E-state index contributed by atoms with van der Waals surface area (Å²) in [5, 5.41) is 15.0. The second-order valence-corrected chi connectivity index (χ2v) is 7.99. The molecule has 1 fully saturated rings. The second-order valence-electron chi connectivity index (χ2n) is 6.01. The van der Waals surface area contributed by atoms with Crippen LogP contribution in [0.25, 0.3) is 0 Å². The van der Waals surface area contributed by atoms with Crippen molar-refractivity contribution >= 4 is 29.0 Å². The largest absolute Gasteiger partial charge is 0.493 e. The molecule has 0 aliphatic heterocycles. The average Bonchev–Trinajstić information content (AvgIpc) is 3.26. The van der Waals surface area contributed by atoms with Gasteiger partial charge in [0.05, 0.1) is 11.8 Å². The van der Waals surface area contributed by atoms with Gasteiger partial charge in [-0.2, -0.15) is 4.98 Å². The standard InChI is InChI=1S/C17H21N3O3S2/c21-14-10-16(23)20(12-4-1-2-5-12)17(19-14)25-11-15(22)18-8-7-13-6-3-9-24-13/h3,6,9-10,12,21H,1-2,4-5,7-8,11H2,(H,18,22). The van der Waals surface area contributed by atoms with E-state index in [0.29, 0.717) is 11.7 Å². The number of amides is 1. The minimum Gasteiger partial charge on any atom is -0.493 e. The van der Waals surface area contributed by atoms with Gasteiger partial charge in [-0.3, -0.25) is 14.2 Å². The van der Waals surface area contributed by atoms with E-state index in [1.165, 1.54) is 16.6 Å². The van der Waals surface area contributed by atoms with Crippen LogP contribution in [-0.2, 0) is 11.2 Å². The van der Waals surface area contributed by atoms with Gasteiger partial charge in [0.25, 0.3) is 5.56 Å². The zero-order valence-electron chi connectivity index (χ0n) is 13.8. The highest BCUT2D eigenvalue weighted by molar-refractivity contribution is 7.99. The van der Waals surface area contributed by atoms with Crippen LogP contribution in [0.1, 0.15) is 36.6 Å². The molecular weight excluding hydrogens is 358 g/mol. The van der Waals surface area contributed by atoms with Crippen molar-refractivity contribution in [2.45, 2.75) is 43.3 Å². The van der Waals surface area contributed by atoms with Crippen molar-refractivity contribution in [3.63, 3.8) is 0 Å². The number of hydrogen-bond donors (Lipinski definition) is 2. The molecule has 1 amide bonds. The molecule has 0 spiro atoms. The molecule has 0 saturated heterocycles. The van der Waals surface area contributed by atoms with Gasteiger partial charge < -0.3 is 10.4 Å². The van der Waals surface area contributed by atoms with Gasteiger partial charge in [-0.25, -0.2) is 0 Å². The van der Waals surface area contributed by atoms with Gasteiger partial charge in [0.15, 0.2) is 5.16 Å². The van der Waals surface area contributed by atoms with E-state index in [1.807, 2.05) is 17.5 Å². The number of aromatic nitrogens is 2. The molecule has 0 atom stereocenters. The number of nitrogens with one attached hydrogen (secondary N) is 1. The van der Waals surface area contributed by atoms with Crippen molar-refractivity contribution < 1.29 is 9.90 Å². The maximum atomic E-state index is 12.2. The predicted octanol–water partition coefficient (Wildman–Crippen LogP) is 2.58. The van der Waals surface area contributed by atoms with Crippen molar-refractivity contribution in [3.8, 4) is 5.88 Å². The van der Waals surface area contributed by atoms with E-state index >= 15 is 0 Å². The number of hydrogen-bond acceptors (Lipinski definition) is 6. The van der Waals surface area contributed by atoms with Crippen LogP contribution >= 0.6 is 23.1 Å². The fourth-order valence-electron chi connectivity index (χ4n) is 3.02. The highest BCUT2D eigenvalue weighted by Crippen LogP contribution is 2.31. The topological polar surface area (TPSA) is 84.2 Å². The molecule has 2 aromatic rings. The van der Waals surface area contributed by atoms with Crippen LogP contribution < -0.4 is 10.9 Å². The summed E-state index contributed by atoms with van der Waals surface area (Å²) in [7, 11) is 0. The fourth-order valence-corrected chi connectivity index (χ4v) is 4.63. The smallest absolute Gasteiger partial charge is 0.258 e. The van der Waals surface area contributed by atoms with E-state index in [0.717, 1.165) is 38.2 Å². The number of thiophene rings is 1. The summed E-state index contributed by atoms with van der Waals surface area (Å²) in [6.45, 7) is 0.586. The summed E-state index contributed by atoms with van der Waals surface area (Å²) < 4.78 is 1.64. The van der Waals surface area contributed by atoms with Crippen LogP contribution in [-0.4, -0.2) is 32.9 Å². The minimum atomic E-state index is -0.292. The van der Waals surface area contributed by atoms with E-state index in [2.05, 4.69) is 10.3 Å². The molecule has 6 nitrogen and oxygen atoms in total. The van der Waals surface area contributed by atoms with Gasteiger partial charge in [-0.15, -0.1) is 11.3 Å². The van der Waals surface area contributed by atoms with Crippen LogP contribution in [0.2, 0.25) is 0 Å². The Morgan fingerprint density at radius 1 is 1.44 bits per heavy atom. The Bertz CT molecular complexity index is 768. The van der Waals surface area contributed by atoms with Gasteiger partial charge in [0.1, 0.15) is 0 Å². The maximum absolute atomic E-state index is 12.2. The molecule has 1 saturated carbocycles. The molecule has 1 aliphatic rings. The van der Waals surface area contributed by atoms with Crippen LogP contribution in [0.3, 0.4) is 0 Å². The Labute approximate surface area is 154 Å². The number of thioether (sulfide) groups is 1. The first-order chi connectivity index (χ1) is 12.1. The first-order valence-electron chi connectivity index (χ1n) is 8.38. The molecule has 134 valence electrons. The fraction of sp³-hybridized carbons (Fsp3) is 0.471. The van der Waals surface area contributed by atoms with Crippen LogP contribution in [0, 0.1) is 0 Å². The zero-order valence-corrected chi connectivity index (χ0v) is 15.4. The number of nitrogens with zero attached hydrogens (tertiary/aromatic N) is 2. The predicted molar refractivity (Wildman–Crippen MR) is 99.4 cm³/mol. The molecular formula is C17H21N3O3S2. The first kappa shape index (κ1) is 18.0. The first-order valence-corrected chi connectivity index (χ1v) is 10.2. The Balaban J connectivity index is 1.58. The lowest BCUT2D eigenvalue weighted by Gasteiger charge is -2.17. The lowest BCUT2D eigenvalue weighted by Crippen LogP contribution is -2.29. The summed E-state index contributed by atoms with van der Waals surface area (Å²) in [4.78, 5) is 29.6. The normalized spacial score (nSPS) is 14.7. The third-order valence-corrected chi connectivity index (χ3v) is 6.09. The lowest BCUT2D eigenvalue weighted by molar-refractivity contribution is -0.118.